The first-order valence-corrected chi connectivity index (χ1v) is 5.10. The van der Waals surface area contributed by atoms with Gasteiger partial charge in [0, 0.05) is 5.56 Å². The van der Waals surface area contributed by atoms with Gasteiger partial charge in [-0.1, -0.05) is 6.92 Å². The summed E-state index contributed by atoms with van der Waals surface area (Å²) in [6, 6.07) is 7.03. The second-order valence-electron chi connectivity index (χ2n) is 3.37. The number of ketones is 1. The number of ether oxygens (including phenoxy) is 1. The number of benzene rings is 1. The summed E-state index contributed by atoms with van der Waals surface area (Å²) in [6.45, 7) is 4.65. The average molecular weight is 244 g/mol. The standard InChI is InChI=1S/C12H17NO2.ClH/c1-4-13-9(2)12(14)10-5-7-11(15-3)8-6-10;/h5-9,13H,4H2,1-3H3;1H. The van der Waals surface area contributed by atoms with E-state index in [1.54, 1.807) is 31.4 Å². The van der Waals surface area contributed by atoms with Crippen LogP contribution in [0.15, 0.2) is 24.3 Å². The molecule has 0 aromatic heterocycles. The van der Waals surface area contributed by atoms with Gasteiger partial charge in [-0.25, -0.2) is 0 Å². The van der Waals surface area contributed by atoms with Crippen LogP contribution >= 0.6 is 12.4 Å². The summed E-state index contributed by atoms with van der Waals surface area (Å²) in [7, 11) is 1.61. The minimum atomic E-state index is -0.136. The molecule has 1 aromatic carbocycles. The molecule has 16 heavy (non-hydrogen) atoms. The normalized spacial score (nSPS) is 11.4. The molecule has 1 aromatic rings. The maximum absolute atomic E-state index is 11.8. The smallest absolute Gasteiger partial charge is 0.179 e. The number of halogens is 1. The number of carbonyl (C=O) groups excluding carboxylic acids is 1. The summed E-state index contributed by atoms with van der Waals surface area (Å²) in [5, 5.41) is 3.09. The van der Waals surface area contributed by atoms with Crippen molar-refractivity contribution < 1.29 is 9.53 Å². The van der Waals surface area contributed by atoms with Gasteiger partial charge in [0.1, 0.15) is 5.75 Å². The topological polar surface area (TPSA) is 38.3 Å². The van der Waals surface area contributed by atoms with Crippen LogP contribution in [0.4, 0.5) is 0 Å². The molecule has 0 aliphatic rings. The van der Waals surface area contributed by atoms with E-state index >= 15 is 0 Å². The van der Waals surface area contributed by atoms with Crippen LogP contribution in [0.3, 0.4) is 0 Å². The largest absolute Gasteiger partial charge is 0.497 e. The predicted octanol–water partition coefficient (Wildman–Crippen LogP) is 2.30. The summed E-state index contributed by atoms with van der Waals surface area (Å²) >= 11 is 0. The maximum atomic E-state index is 11.8. The minimum absolute atomic E-state index is 0. The average Bonchev–Trinajstić information content (AvgIpc) is 2.28. The number of hydrogen-bond donors (Lipinski definition) is 1. The minimum Gasteiger partial charge on any atom is -0.497 e. The second kappa shape index (κ2) is 7.25. The lowest BCUT2D eigenvalue weighted by Gasteiger charge is -2.11. The molecule has 90 valence electrons. The van der Waals surface area contributed by atoms with E-state index in [0.29, 0.717) is 5.56 Å². The number of rotatable bonds is 5. The van der Waals surface area contributed by atoms with Crippen molar-refractivity contribution in [3.63, 3.8) is 0 Å². The lowest BCUT2D eigenvalue weighted by molar-refractivity contribution is 0.0952. The lowest BCUT2D eigenvalue weighted by atomic mass is 10.1. The van der Waals surface area contributed by atoms with Gasteiger partial charge in [0.15, 0.2) is 5.78 Å². The molecule has 0 radical (unpaired) electrons. The Morgan fingerprint density at radius 3 is 2.38 bits per heavy atom. The third-order valence-corrected chi connectivity index (χ3v) is 2.28. The number of Topliss-reactive ketones (excluding diaryl/α,β-unsaturated/α-hetero) is 1. The van der Waals surface area contributed by atoms with Crippen molar-refractivity contribution in [2.24, 2.45) is 0 Å². The zero-order valence-electron chi connectivity index (χ0n) is 9.82. The van der Waals surface area contributed by atoms with Crippen LogP contribution in [0.2, 0.25) is 0 Å². The third-order valence-electron chi connectivity index (χ3n) is 2.28. The predicted molar refractivity (Wildman–Crippen MR) is 67.7 cm³/mol. The monoisotopic (exact) mass is 243 g/mol. The number of hydrogen-bond acceptors (Lipinski definition) is 3. The lowest BCUT2D eigenvalue weighted by Crippen LogP contribution is -2.33. The highest BCUT2D eigenvalue weighted by Gasteiger charge is 2.13. The highest BCUT2D eigenvalue weighted by atomic mass is 35.5. The van der Waals surface area contributed by atoms with Crippen LogP contribution in [0.25, 0.3) is 0 Å². The third kappa shape index (κ3) is 3.83. The van der Waals surface area contributed by atoms with E-state index in [1.165, 1.54) is 0 Å². The molecule has 3 nitrogen and oxygen atoms in total. The molecular formula is C12H18ClNO2. The van der Waals surface area contributed by atoms with Gasteiger partial charge < -0.3 is 10.1 Å². The molecular weight excluding hydrogens is 226 g/mol. The van der Waals surface area contributed by atoms with Crippen LogP contribution in [0.1, 0.15) is 24.2 Å². The van der Waals surface area contributed by atoms with Gasteiger partial charge >= 0.3 is 0 Å². The summed E-state index contributed by atoms with van der Waals surface area (Å²) in [6.07, 6.45) is 0. The zero-order chi connectivity index (χ0) is 11.3. The highest BCUT2D eigenvalue weighted by molar-refractivity contribution is 5.99. The van der Waals surface area contributed by atoms with E-state index in [1.807, 2.05) is 13.8 Å². The van der Waals surface area contributed by atoms with Crippen molar-refractivity contribution in [1.29, 1.82) is 0 Å². The summed E-state index contributed by atoms with van der Waals surface area (Å²) < 4.78 is 5.03. The molecule has 1 rings (SSSR count). The molecule has 0 bridgehead atoms. The zero-order valence-corrected chi connectivity index (χ0v) is 10.6. The molecule has 0 aliphatic carbocycles. The van der Waals surface area contributed by atoms with E-state index in [2.05, 4.69) is 5.32 Å². The Labute approximate surface area is 103 Å². The Bertz CT molecular complexity index is 324. The first-order valence-electron chi connectivity index (χ1n) is 5.10. The Morgan fingerprint density at radius 1 is 1.38 bits per heavy atom. The molecule has 0 spiro atoms. The molecule has 1 N–H and O–H groups in total. The Balaban J connectivity index is 0.00000225. The summed E-state index contributed by atoms with van der Waals surface area (Å²) in [5.41, 5.74) is 0.712. The van der Waals surface area contributed by atoms with E-state index in [0.717, 1.165) is 12.3 Å². The van der Waals surface area contributed by atoms with Crippen LogP contribution in [0.5, 0.6) is 5.75 Å². The van der Waals surface area contributed by atoms with E-state index in [-0.39, 0.29) is 24.2 Å². The SMILES string of the molecule is CCNC(C)C(=O)c1ccc(OC)cc1.Cl. The Morgan fingerprint density at radius 2 is 1.94 bits per heavy atom. The van der Waals surface area contributed by atoms with Gasteiger partial charge in [-0.3, -0.25) is 4.79 Å². The van der Waals surface area contributed by atoms with Crippen molar-refractivity contribution in [2.45, 2.75) is 19.9 Å². The Hall–Kier alpha value is -1.06. The number of nitrogens with one attached hydrogen (secondary N) is 1. The summed E-state index contributed by atoms with van der Waals surface area (Å²) in [4.78, 5) is 11.8. The van der Waals surface area contributed by atoms with Gasteiger partial charge in [0.25, 0.3) is 0 Å². The van der Waals surface area contributed by atoms with Gasteiger partial charge in [0.2, 0.25) is 0 Å². The van der Waals surface area contributed by atoms with Crippen molar-refractivity contribution in [2.75, 3.05) is 13.7 Å². The maximum Gasteiger partial charge on any atom is 0.179 e. The van der Waals surface area contributed by atoms with Crippen LogP contribution in [-0.4, -0.2) is 25.5 Å². The first-order chi connectivity index (χ1) is 7.19. The summed E-state index contributed by atoms with van der Waals surface area (Å²) in [5.74, 6) is 0.877. The highest BCUT2D eigenvalue weighted by Crippen LogP contribution is 2.12. The molecule has 0 fully saturated rings. The van der Waals surface area contributed by atoms with Crippen LogP contribution < -0.4 is 10.1 Å². The molecule has 4 heteroatoms. The molecule has 0 saturated heterocycles. The number of carbonyl (C=O) groups is 1. The quantitative estimate of drug-likeness (QED) is 0.807. The molecule has 0 aliphatic heterocycles. The van der Waals surface area contributed by atoms with Gasteiger partial charge in [0.05, 0.1) is 13.2 Å². The van der Waals surface area contributed by atoms with E-state index < -0.39 is 0 Å². The fraction of sp³-hybridized carbons (Fsp3) is 0.417. The molecule has 0 saturated carbocycles. The van der Waals surface area contributed by atoms with Gasteiger partial charge in [-0.2, -0.15) is 0 Å². The van der Waals surface area contributed by atoms with E-state index in [4.69, 9.17) is 4.74 Å². The molecule has 1 atom stereocenters. The van der Waals surface area contributed by atoms with Crippen molar-refractivity contribution in [1.82, 2.24) is 5.32 Å². The number of likely N-dealkylation sites (N-methyl/N-ethyl adjacent to an activating group) is 1. The van der Waals surface area contributed by atoms with Gasteiger partial charge in [-0.05, 0) is 37.7 Å². The number of methoxy groups -OCH3 is 1. The van der Waals surface area contributed by atoms with Crippen molar-refractivity contribution in [3.05, 3.63) is 29.8 Å². The molecule has 0 amide bonds. The van der Waals surface area contributed by atoms with Crippen molar-refractivity contribution in [3.8, 4) is 5.75 Å². The fourth-order valence-electron chi connectivity index (χ4n) is 1.40. The van der Waals surface area contributed by atoms with Crippen molar-refractivity contribution >= 4 is 18.2 Å². The molecule has 0 heterocycles. The van der Waals surface area contributed by atoms with Crippen LogP contribution in [-0.2, 0) is 0 Å². The molecule has 1 unspecified atom stereocenters. The fourth-order valence-corrected chi connectivity index (χ4v) is 1.40. The van der Waals surface area contributed by atoms with Crippen LogP contribution in [0, 0.1) is 0 Å². The van der Waals surface area contributed by atoms with E-state index in [9.17, 15) is 4.79 Å². The Kier molecular flexibility index (Phi) is 6.77. The second-order valence-corrected chi connectivity index (χ2v) is 3.37. The first kappa shape index (κ1) is 14.9. The van der Waals surface area contributed by atoms with Gasteiger partial charge in [-0.15, -0.1) is 12.4 Å².